The largest absolute Gasteiger partial charge is 0.371 e. The molecule has 1 saturated heterocycles. The fourth-order valence-corrected chi connectivity index (χ4v) is 5.59. The Hall–Kier alpha value is -2.51. The van der Waals surface area contributed by atoms with E-state index in [0.717, 1.165) is 53.6 Å². The Balaban J connectivity index is 1.23. The van der Waals surface area contributed by atoms with Crippen LogP contribution in [0.1, 0.15) is 44.5 Å². The minimum absolute atomic E-state index is 0.292. The zero-order valence-corrected chi connectivity index (χ0v) is 17.4. The molecule has 7 nitrogen and oxygen atoms in total. The first-order chi connectivity index (χ1) is 14.6. The molecule has 2 aromatic heterocycles. The second-order valence-electron chi connectivity index (χ2n) is 9.39. The average molecular weight is 405 g/mol. The lowest BCUT2D eigenvalue weighted by Crippen LogP contribution is -2.52. The minimum atomic E-state index is 0.292. The molecule has 0 amide bonds. The van der Waals surface area contributed by atoms with Gasteiger partial charge in [0.1, 0.15) is 12.4 Å². The molecule has 0 bridgehead atoms. The van der Waals surface area contributed by atoms with E-state index in [0.29, 0.717) is 24.1 Å². The van der Waals surface area contributed by atoms with Crippen molar-refractivity contribution < 1.29 is 4.74 Å². The molecule has 3 aromatic rings. The maximum absolute atomic E-state index is 6.02. The summed E-state index contributed by atoms with van der Waals surface area (Å²) in [6, 6.07) is 7.11. The molecule has 156 valence electrons. The van der Waals surface area contributed by atoms with Gasteiger partial charge < -0.3 is 19.9 Å². The van der Waals surface area contributed by atoms with E-state index in [1.807, 2.05) is 12.4 Å². The van der Waals surface area contributed by atoms with Gasteiger partial charge in [-0.05, 0) is 55.7 Å². The topological polar surface area (TPSA) is 82.1 Å². The van der Waals surface area contributed by atoms with Gasteiger partial charge in [-0.15, -0.1) is 0 Å². The fourth-order valence-electron chi connectivity index (χ4n) is 5.59. The molecule has 3 aliphatic rings. The molecule has 2 N–H and O–H groups in total. The monoisotopic (exact) mass is 404 g/mol. The number of fused-ring (bicyclic) bond motifs is 3. The molecular formula is C23H28N6O. The highest BCUT2D eigenvalue weighted by atomic mass is 16.5. The van der Waals surface area contributed by atoms with Crippen LogP contribution in [0.4, 0.5) is 5.95 Å². The smallest absolute Gasteiger partial charge is 0.225 e. The van der Waals surface area contributed by atoms with E-state index in [4.69, 9.17) is 25.4 Å². The van der Waals surface area contributed by atoms with E-state index in [1.54, 1.807) is 0 Å². The number of piperidine rings is 1. The Morgan fingerprint density at radius 2 is 1.87 bits per heavy atom. The third-order valence-electron chi connectivity index (χ3n) is 7.26. The van der Waals surface area contributed by atoms with Gasteiger partial charge >= 0.3 is 0 Å². The lowest BCUT2D eigenvalue weighted by Gasteiger charge is -2.51. The Morgan fingerprint density at radius 1 is 1.10 bits per heavy atom. The van der Waals surface area contributed by atoms with Gasteiger partial charge in [0.15, 0.2) is 0 Å². The maximum atomic E-state index is 6.02. The van der Waals surface area contributed by atoms with Crippen molar-refractivity contribution >= 4 is 17.0 Å². The summed E-state index contributed by atoms with van der Waals surface area (Å²) in [5.41, 5.74) is 10.9. The van der Waals surface area contributed by atoms with Gasteiger partial charge in [-0.1, -0.05) is 6.07 Å². The van der Waals surface area contributed by atoms with E-state index >= 15 is 0 Å². The number of hydrogen-bond acceptors (Lipinski definition) is 6. The Bertz CT molecular complexity index is 1080. The zero-order valence-electron chi connectivity index (χ0n) is 17.4. The van der Waals surface area contributed by atoms with Crippen LogP contribution in [0.3, 0.4) is 0 Å². The van der Waals surface area contributed by atoms with Gasteiger partial charge in [-0.3, -0.25) is 0 Å². The minimum Gasteiger partial charge on any atom is -0.371 e. The summed E-state index contributed by atoms with van der Waals surface area (Å²) in [5, 5.41) is 0. The highest BCUT2D eigenvalue weighted by Crippen LogP contribution is 2.48. The SMILES string of the molecule is C[C@H]1COCc2nc3ccc(-c4cnc(N5CCC6(CC5)CC(N)C6)nc4)cc3n21. The van der Waals surface area contributed by atoms with Gasteiger partial charge in [0.2, 0.25) is 5.95 Å². The molecule has 1 aliphatic carbocycles. The third kappa shape index (κ3) is 2.91. The second kappa shape index (κ2) is 6.75. The number of rotatable bonds is 2. The quantitative estimate of drug-likeness (QED) is 0.706. The van der Waals surface area contributed by atoms with Gasteiger partial charge in [0, 0.05) is 37.1 Å². The summed E-state index contributed by atoms with van der Waals surface area (Å²) in [4.78, 5) is 16.5. The normalized spacial score (nSPS) is 23.5. The fraction of sp³-hybridized carbons (Fsp3) is 0.522. The van der Waals surface area contributed by atoms with Crippen molar-refractivity contribution in [3.8, 4) is 11.1 Å². The molecule has 7 heteroatoms. The third-order valence-corrected chi connectivity index (χ3v) is 7.26. The number of ether oxygens (including phenoxy) is 1. The summed E-state index contributed by atoms with van der Waals surface area (Å²) in [6.07, 6.45) is 8.69. The Labute approximate surface area is 176 Å². The molecule has 4 heterocycles. The molecule has 2 aliphatic heterocycles. The van der Waals surface area contributed by atoms with Crippen LogP contribution in [0.25, 0.3) is 22.2 Å². The molecule has 30 heavy (non-hydrogen) atoms. The van der Waals surface area contributed by atoms with E-state index in [9.17, 15) is 0 Å². The van der Waals surface area contributed by atoms with Gasteiger partial charge in [-0.2, -0.15) is 0 Å². The van der Waals surface area contributed by atoms with Crippen molar-refractivity contribution in [3.05, 3.63) is 36.4 Å². The summed E-state index contributed by atoms with van der Waals surface area (Å²) in [6.45, 7) is 5.53. The maximum Gasteiger partial charge on any atom is 0.225 e. The first-order valence-electron chi connectivity index (χ1n) is 11.0. The number of anilines is 1. The standard InChI is InChI=1S/C23H28N6O/c1-15-13-30-14-21-27-19-3-2-16(8-20(19)29(15)21)17-11-25-22(26-12-17)28-6-4-23(5-7-28)9-18(24)10-23/h2-3,8,11-12,15,18H,4-7,9-10,13-14,24H2,1H3/t15-/m0/s1. The van der Waals surface area contributed by atoms with Crippen molar-refractivity contribution in [2.45, 2.75) is 51.3 Å². The molecule has 2 fully saturated rings. The highest BCUT2D eigenvalue weighted by Gasteiger charge is 2.44. The summed E-state index contributed by atoms with van der Waals surface area (Å²) < 4.78 is 7.94. The van der Waals surface area contributed by atoms with E-state index in [-0.39, 0.29) is 0 Å². The molecule has 0 unspecified atom stereocenters. The first kappa shape index (κ1) is 18.3. The number of aromatic nitrogens is 4. The predicted molar refractivity (Wildman–Crippen MR) is 116 cm³/mol. The molecule has 1 saturated carbocycles. The van der Waals surface area contributed by atoms with E-state index in [2.05, 4.69) is 34.6 Å². The average Bonchev–Trinajstić information content (AvgIpc) is 3.12. The predicted octanol–water partition coefficient (Wildman–Crippen LogP) is 3.29. The molecular weight excluding hydrogens is 376 g/mol. The summed E-state index contributed by atoms with van der Waals surface area (Å²) >= 11 is 0. The zero-order chi connectivity index (χ0) is 20.3. The number of nitrogens with zero attached hydrogens (tertiary/aromatic N) is 5. The van der Waals surface area contributed by atoms with Gasteiger partial charge in [0.05, 0.1) is 23.7 Å². The van der Waals surface area contributed by atoms with Crippen LogP contribution in [0.5, 0.6) is 0 Å². The molecule has 6 rings (SSSR count). The number of nitrogens with two attached hydrogens (primary N) is 1. The Kier molecular flexibility index (Phi) is 4.11. The van der Waals surface area contributed by atoms with Crippen LogP contribution < -0.4 is 10.6 Å². The highest BCUT2D eigenvalue weighted by molar-refractivity contribution is 5.82. The molecule has 1 spiro atoms. The van der Waals surface area contributed by atoms with Crippen LogP contribution >= 0.6 is 0 Å². The van der Waals surface area contributed by atoms with Crippen molar-refractivity contribution in [1.82, 2.24) is 19.5 Å². The number of imidazole rings is 1. The van der Waals surface area contributed by atoms with Crippen molar-refractivity contribution in [2.75, 3.05) is 24.6 Å². The van der Waals surface area contributed by atoms with Crippen LogP contribution in [-0.4, -0.2) is 45.3 Å². The van der Waals surface area contributed by atoms with Gasteiger partial charge in [-0.25, -0.2) is 15.0 Å². The lowest BCUT2D eigenvalue weighted by molar-refractivity contribution is 0.0621. The molecule has 0 radical (unpaired) electrons. The van der Waals surface area contributed by atoms with E-state index in [1.165, 1.54) is 25.7 Å². The van der Waals surface area contributed by atoms with Crippen LogP contribution in [0.15, 0.2) is 30.6 Å². The summed E-state index contributed by atoms with van der Waals surface area (Å²) in [7, 11) is 0. The first-order valence-corrected chi connectivity index (χ1v) is 11.0. The van der Waals surface area contributed by atoms with Gasteiger partial charge in [0.25, 0.3) is 0 Å². The van der Waals surface area contributed by atoms with Crippen molar-refractivity contribution in [3.63, 3.8) is 0 Å². The van der Waals surface area contributed by atoms with Crippen LogP contribution in [-0.2, 0) is 11.3 Å². The second-order valence-corrected chi connectivity index (χ2v) is 9.39. The van der Waals surface area contributed by atoms with Crippen molar-refractivity contribution in [1.29, 1.82) is 0 Å². The summed E-state index contributed by atoms with van der Waals surface area (Å²) in [5.74, 6) is 1.84. The van der Waals surface area contributed by atoms with Crippen molar-refractivity contribution in [2.24, 2.45) is 11.1 Å². The van der Waals surface area contributed by atoms with Crippen LogP contribution in [0, 0.1) is 5.41 Å². The Morgan fingerprint density at radius 3 is 2.60 bits per heavy atom. The van der Waals surface area contributed by atoms with E-state index < -0.39 is 0 Å². The number of hydrogen-bond donors (Lipinski definition) is 1. The number of benzene rings is 1. The molecule has 1 atom stereocenters. The van der Waals surface area contributed by atoms with Crippen LogP contribution in [0.2, 0.25) is 0 Å². The lowest BCUT2D eigenvalue weighted by atomic mass is 9.61. The molecule has 1 aromatic carbocycles.